The van der Waals surface area contributed by atoms with Crippen molar-refractivity contribution < 1.29 is 9.59 Å². The number of urea groups is 1. The number of amides is 3. The van der Waals surface area contributed by atoms with Gasteiger partial charge in [-0.05, 0) is 54.2 Å². The monoisotopic (exact) mass is 413 g/mol. The molecular weight excluding hydrogens is 386 g/mol. The zero-order valence-corrected chi connectivity index (χ0v) is 17.5. The highest BCUT2D eigenvalue weighted by molar-refractivity contribution is 5.97. The normalized spacial score (nSPS) is 12.9. The second-order valence-electron chi connectivity index (χ2n) is 7.78. The summed E-state index contributed by atoms with van der Waals surface area (Å²) in [5.41, 5.74) is 5.12. The van der Waals surface area contributed by atoms with Crippen LogP contribution in [-0.4, -0.2) is 18.5 Å². The summed E-state index contributed by atoms with van der Waals surface area (Å²) in [5.74, 6) is 0.133. The van der Waals surface area contributed by atoms with E-state index in [2.05, 4.69) is 22.8 Å². The van der Waals surface area contributed by atoms with Gasteiger partial charge in [0.25, 0.3) is 0 Å². The second kappa shape index (κ2) is 9.94. The van der Waals surface area contributed by atoms with Crippen molar-refractivity contribution in [1.82, 2.24) is 5.32 Å². The average Bonchev–Trinajstić information content (AvgIpc) is 2.80. The van der Waals surface area contributed by atoms with Gasteiger partial charge in [-0.1, -0.05) is 60.7 Å². The number of anilines is 2. The molecule has 0 saturated carbocycles. The Morgan fingerprint density at radius 1 is 0.871 bits per heavy atom. The average molecular weight is 414 g/mol. The number of benzene rings is 3. The van der Waals surface area contributed by atoms with Crippen LogP contribution in [0.1, 0.15) is 29.5 Å². The Balaban J connectivity index is 1.33. The number of fused-ring (bicyclic) bond motifs is 1. The van der Waals surface area contributed by atoms with Gasteiger partial charge >= 0.3 is 6.03 Å². The van der Waals surface area contributed by atoms with Crippen LogP contribution in [0.15, 0.2) is 78.9 Å². The molecule has 0 saturated heterocycles. The minimum absolute atomic E-state index is 0.133. The van der Waals surface area contributed by atoms with Crippen molar-refractivity contribution in [2.45, 2.75) is 32.2 Å². The van der Waals surface area contributed by atoms with Gasteiger partial charge in [0.1, 0.15) is 0 Å². The molecule has 0 aromatic heterocycles. The molecule has 0 unspecified atom stereocenters. The minimum atomic E-state index is -0.207. The summed E-state index contributed by atoms with van der Waals surface area (Å²) in [7, 11) is 0. The fraction of sp³-hybridized carbons (Fsp3) is 0.231. The molecule has 2 N–H and O–H groups in total. The van der Waals surface area contributed by atoms with E-state index in [1.807, 2.05) is 71.6 Å². The van der Waals surface area contributed by atoms with E-state index < -0.39 is 0 Å². The Morgan fingerprint density at radius 2 is 1.58 bits per heavy atom. The largest absolute Gasteiger partial charge is 0.338 e. The van der Waals surface area contributed by atoms with Gasteiger partial charge in [0.05, 0.1) is 6.54 Å². The van der Waals surface area contributed by atoms with E-state index in [-0.39, 0.29) is 11.9 Å². The van der Waals surface area contributed by atoms with Crippen molar-refractivity contribution in [3.8, 4) is 0 Å². The molecule has 0 atom stereocenters. The first-order chi connectivity index (χ1) is 15.2. The number of aryl methyl sites for hydroxylation is 2. The standard InChI is InChI=1S/C26H27N3O2/c30-25-16-13-22-18-23(14-15-24(22)29(25)19-21-10-5-2-6-11-21)28-26(31)27-17-7-12-20-8-3-1-4-9-20/h1-6,8-11,14-15,18H,7,12-13,16-17,19H2,(H2,27,28,31). The van der Waals surface area contributed by atoms with Gasteiger partial charge in [0.2, 0.25) is 5.91 Å². The highest BCUT2D eigenvalue weighted by Crippen LogP contribution is 2.31. The molecule has 31 heavy (non-hydrogen) atoms. The Hall–Kier alpha value is -3.60. The first kappa shape index (κ1) is 20.7. The number of hydrogen-bond donors (Lipinski definition) is 2. The first-order valence-electron chi connectivity index (χ1n) is 10.7. The van der Waals surface area contributed by atoms with Crippen LogP contribution in [0.2, 0.25) is 0 Å². The Morgan fingerprint density at radius 3 is 2.32 bits per heavy atom. The highest BCUT2D eigenvalue weighted by atomic mass is 16.2. The van der Waals surface area contributed by atoms with Crippen molar-refractivity contribution in [2.75, 3.05) is 16.8 Å². The Labute approximate surface area is 183 Å². The third-order valence-electron chi connectivity index (χ3n) is 5.49. The molecule has 1 aliphatic heterocycles. The molecule has 4 rings (SSSR count). The zero-order valence-electron chi connectivity index (χ0n) is 17.5. The van der Waals surface area contributed by atoms with Gasteiger partial charge in [-0.15, -0.1) is 0 Å². The summed E-state index contributed by atoms with van der Waals surface area (Å²) in [6.07, 6.45) is 2.99. The highest BCUT2D eigenvalue weighted by Gasteiger charge is 2.24. The molecule has 1 heterocycles. The van der Waals surface area contributed by atoms with Crippen molar-refractivity contribution in [2.24, 2.45) is 0 Å². The number of rotatable bonds is 7. The van der Waals surface area contributed by atoms with Crippen LogP contribution in [-0.2, 0) is 24.2 Å². The molecular formula is C26H27N3O2. The molecule has 0 fully saturated rings. The number of nitrogens with one attached hydrogen (secondary N) is 2. The van der Waals surface area contributed by atoms with Crippen molar-refractivity contribution in [3.05, 3.63) is 95.6 Å². The Bertz CT molecular complexity index is 1040. The number of nitrogens with zero attached hydrogens (tertiary/aromatic N) is 1. The van der Waals surface area contributed by atoms with Crippen LogP contribution in [0.4, 0.5) is 16.2 Å². The molecule has 1 aliphatic rings. The van der Waals surface area contributed by atoms with Gasteiger partial charge in [0.15, 0.2) is 0 Å². The van der Waals surface area contributed by atoms with Crippen LogP contribution in [0.3, 0.4) is 0 Å². The Kier molecular flexibility index (Phi) is 6.62. The molecule has 0 spiro atoms. The minimum Gasteiger partial charge on any atom is -0.338 e. The van der Waals surface area contributed by atoms with Crippen LogP contribution in [0, 0.1) is 0 Å². The number of carbonyl (C=O) groups excluding carboxylic acids is 2. The fourth-order valence-electron chi connectivity index (χ4n) is 3.89. The van der Waals surface area contributed by atoms with E-state index in [0.717, 1.165) is 35.3 Å². The molecule has 0 radical (unpaired) electrons. The number of carbonyl (C=O) groups is 2. The zero-order chi connectivity index (χ0) is 21.5. The lowest BCUT2D eigenvalue weighted by Crippen LogP contribution is -2.34. The smallest absolute Gasteiger partial charge is 0.319 e. The quantitative estimate of drug-likeness (QED) is 0.540. The fourth-order valence-corrected chi connectivity index (χ4v) is 3.89. The summed E-state index contributed by atoms with van der Waals surface area (Å²) in [6, 6.07) is 25.8. The summed E-state index contributed by atoms with van der Waals surface area (Å²) in [5, 5.41) is 5.83. The molecule has 158 valence electrons. The van der Waals surface area contributed by atoms with E-state index >= 15 is 0 Å². The van der Waals surface area contributed by atoms with Crippen molar-refractivity contribution in [1.29, 1.82) is 0 Å². The summed E-state index contributed by atoms with van der Waals surface area (Å²) < 4.78 is 0. The van der Waals surface area contributed by atoms with Crippen LogP contribution in [0.5, 0.6) is 0 Å². The molecule has 0 bridgehead atoms. The maximum Gasteiger partial charge on any atom is 0.319 e. The molecule has 3 aromatic rings. The van der Waals surface area contributed by atoms with E-state index in [4.69, 9.17) is 0 Å². The van der Waals surface area contributed by atoms with Gasteiger partial charge in [-0.25, -0.2) is 4.79 Å². The SMILES string of the molecule is O=C(NCCCc1ccccc1)Nc1ccc2c(c1)CCC(=O)N2Cc1ccccc1. The van der Waals surface area contributed by atoms with Crippen molar-refractivity contribution >= 4 is 23.3 Å². The molecule has 3 aromatic carbocycles. The van der Waals surface area contributed by atoms with Crippen LogP contribution in [0.25, 0.3) is 0 Å². The van der Waals surface area contributed by atoms with Crippen molar-refractivity contribution in [3.63, 3.8) is 0 Å². The van der Waals surface area contributed by atoms with Crippen LogP contribution < -0.4 is 15.5 Å². The van der Waals surface area contributed by atoms with Gasteiger partial charge in [-0.3, -0.25) is 4.79 Å². The lowest BCUT2D eigenvalue weighted by atomic mass is 9.99. The second-order valence-corrected chi connectivity index (χ2v) is 7.78. The molecule has 5 heteroatoms. The number of hydrogen-bond acceptors (Lipinski definition) is 2. The predicted molar refractivity (Wildman–Crippen MR) is 124 cm³/mol. The lowest BCUT2D eigenvalue weighted by Gasteiger charge is -2.30. The van der Waals surface area contributed by atoms with Gasteiger partial charge in [-0.2, -0.15) is 0 Å². The predicted octanol–water partition coefficient (Wildman–Crippen LogP) is 4.92. The van der Waals surface area contributed by atoms with Gasteiger partial charge in [0, 0.05) is 24.3 Å². The van der Waals surface area contributed by atoms with E-state index in [1.165, 1.54) is 5.56 Å². The topological polar surface area (TPSA) is 61.4 Å². The van der Waals surface area contributed by atoms with E-state index in [1.54, 1.807) is 0 Å². The van der Waals surface area contributed by atoms with E-state index in [9.17, 15) is 9.59 Å². The maximum atomic E-state index is 12.5. The van der Waals surface area contributed by atoms with Gasteiger partial charge < -0.3 is 15.5 Å². The maximum absolute atomic E-state index is 12.5. The molecule has 3 amide bonds. The van der Waals surface area contributed by atoms with E-state index in [0.29, 0.717) is 25.9 Å². The third-order valence-corrected chi connectivity index (χ3v) is 5.49. The summed E-state index contributed by atoms with van der Waals surface area (Å²) >= 11 is 0. The first-order valence-corrected chi connectivity index (χ1v) is 10.7. The molecule has 5 nitrogen and oxygen atoms in total. The molecule has 0 aliphatic carbocycles. The summed E-state index contributed by atoms with van der Waals surface area (Å²) in [4.78, 5) is 26.6. The van der Waals surface area contributed by atoms with Crippen LogP contribution >= 0.6 is 0 Å². The third kappa shape index (κ3) is 5.51. The lowest BCUT2D eigenvalue weighted by molar-refractivity contribution is -0.119. The summed E-state index contributed by atoms with van der Waals surface area (Å²) in [6.45, 7) is 1.17.